The zero-order valence-electron chi connectivity index (χ0n) is 17.7. The molecule has 0 radical (unpaired) electrons. The van der Waals surface area contributed by atoms with Gasteiger partial charge in [-0.3, -0.25) is 4.79 Å². The molecular weight excluding hydrogens is 423 g/mol. The molecule has 3 rings (SSSR count). The average Bonchev–Trinajstić information content (AvgIpc) is 2.75. The molecule has 172 valence electrons. The van der Waals surface area contributed by atoms with Crippen molar-refractivity contribution in [2.45, 2.75) is 44.2 Å². The largest absolute Gasteiger partial charge is 0.573 e. The number of amides is 1. The Morgan fingerprint density at radius 2 is 1.56 bits per heavy atom. The monoisotopic (exact) mass is 449 g/mol. The summed E-state index contributed by atoms with van der Waals surface area (Å²) in [6.07, 6.45) is -1.10. The normalized spacial score (nSPS) is 18.4. The molecule has 0 aromatic heterocycles. The molecule has 0 spiro atoms. The molecule has 9 heteroatoms. The van der Waals surface area contributed by atoms with Gasteiger partial charge in [0.25, 0.3) is 5.91 Å². The van der Waals surface area contributed by atoms with E-state index >= 15 is 0 Å². The van der Waals surface area contributed by atoms with Crippen molar-refractivity contribution in [2.75, 3.05) is 12.4 Å². The van der Waals surface area contributed by atoms with Crippen molar-refractivity contribution >= 4 is 11.6 Å². The topological polar surface area (TPSA) is 71.6 Å². The first-order chi connectivity index (χ1) is 15.2. The van der Waals surface area contributed by atoms with Crippen LogP contribution in [0.1, 0.15) is 36.0 Å². The van der Waals surface area contributed by atoms with Gasteiger partial charge in [0.2, 0.25) is 0 Å². The van der Waals surface area contributed by atoms with Crippen LogP contribution in [0, 0.1) is 0 Å². The van der Waals surface area contributed by atoms with Gasteiger partial charge in [-0.15, -0.1) is 13.2 Å². The van der Waals surface area contributed by atoms with E-state index in [1.165, 1.54) is 24.3 Å². The average molecular weight is 449 g/mol. The van der Waals surface area contributed by atoms with Gasteiger partial charge in [0.05, 0.1) is 11.9 Å². The Hall–Kier alpha value is -3.36. The smallest absolute Gasteiger partial charge is 0.490 e. The van der Waals surface area contributed by atoms with Gasteiger partial charge in [-0.05, 0) is 74.2 Å². The lowest BCUT2D eigenvalue weighted by Crippen LogP contribution is -2.37. The summed E-state index contributed by atoms with van der Waals surface area (Å²) in [4.78, 5) is 11.6. The highest BCUT2D eigenvalue weighted by Crippen LogP contribution is 2.26. The fourth-order valence-electron chi connectivity index (χ4n) is 3.54. The first kappa shape index (κ1) is 23.3. The molecule has 0 aliphatic heterocycles. The maximum atomic E-state index is 12.2. The number of halogens is 3. The van der Waals surface area contributed by atoms with Crippen LogP contribution in [0.5, 0.6) is 11.5 Å². The third kappa shape index (κ3) is 7.11. The van der Waals surface area contributed by atoms with E-state index in [0.717, 1.165) is 31.4 Å². The number of anilines is 1. The maximum absolute atomic E-state index is 12.2. The van der Waals surface area contributed by atoms with Crippen molar-refractivity contribution < 1.29 is 27.4 Å². The second kappa shape index (κ2) is 10.3. The minimum Gasteiger partial charge on any atom is -0.490 e. The van der Waals surface area contributed by atoms with Gasteiger partial charge < -0.3 is 25.4 Å². The molecule has 0 bridgehead atoms. The summed E-state index contributed by atoms with van der Waals surface area (Å²) < 4.78 is 46.6. The van der Waals surface area contributed by atoms with Crippen molar-refractivity contribution in [1.82, 2.24) is 10.6 Å². The highest BCUT2D eigenvalue weighted by Gasteiger charge is 2.31. The minimum atomic E-state index is -4.71. The first-order valence-electron chi connectivity index (χ1n) is 10.3. The molecule has 3 N–H and O–H groups in total. The van der Waals surface area contributed by atoms with Crippen molar-refractivity contribution in [3.8, 4) is 11.5 Å². The quantitative estimate of drug-likeness (QED) is 0.540. The van der Waals surface area contributed by atoms with Crippen LogP contribution in [0.2, 0.25) is 0 Å². The first-order valence-corrected chi connectivity index (χ1v) is 10.3. The van der Waals surface area contributed by atoms with E-state index in [-0.39, 0.29) is 23.8 Å². The number of carbonyl (C=O) groups is 1. The van der Waals surface area contributed by atoms with E-state index in [4.69, 9.17) is 4.74 Å². The summed E-state index contributed by atoms with van der Waals surface area (Å²) >= 11 is 0. The zero-order chi connectivity index (χ0) is 23.1. The van der Waals surface area contributed by atoms with Gasteiger partial charge in [-0.1, -0.05) is 6.58 Å². The van der Waals surface area contributed by atoms with E-state index in [0.29, 0.717) is 17.1 Å². The van der Waals surface area contributed by atoms with Crippen LogP contribution in [0.25, 0.3) is 0 Å². The number of benzene rings is 2. The third-order valence-corrected chi connectivity index (χ3v) is 5.08. The van der Waals surface area contributed by atoms with Crippen molar-refractivity contribution in [3.05, 3.63) is 66.5 Å². The summed E-state index contributed by atoms with van der Waals surface area (Å²) in [5, 5.41) is 8.94. The van der Waals surface area contributed by atoms with Crippen LogP contribution in [-0.2, 0) is 0 Å². The second-order valence-corrected chi connectivity index (χ2v) is 7.52. The Balaban J connectivity index is 1.40. The van der Waals surface area contributed by atoms with Crippen LogP contribution in [0.15, 0.2) is 60.9 Å². The summed E-state index contributed by atoms with van der Waals surface area (Å²) in [5.41, 5.74) is 1.19. The molecule has 2 aromatic rings. The molecule has 2 aromatic carbocycles. The third-order valence-electron chi connectivity index (χ3n) is 5.08. The number of hydrogen-bond donors (Lipinski definition) is 3. The fourth-order valence-corrected chi connectivity index (χ4v) is 3.54. The lowest BCUT2D eigenvalue weighted by atomic mass is 9.93. The van der Waals surface area contributed by atoms with E-state index < -0.39 is 6.36 Å². The SMILES string of the molecule is C=C(Nc1ccc(OC(F)(F)F)cc1)N[C@H]1CC[C@@H](Oc2ccc(C(=O)NC)cc2)CC1. The Morgan fingerprint density at radius 1 is 0.969 bits per heavy atom. The summed E-state index contributed by atoms with van der Waals surface area (Å²) in [7, 11) is 1.59. The number of alkyl halides is 3. The van der Waals surface area contributed by atoms with Gasteiger partial charge in [0.15, 0.2) is 0 Å². The van der Waals surface area contributed by atoms with Crippen molar-refractivity contribution in [1.29, 1.82) is 0 Å². The molecule has 0 atom stereocenters. The van der Waals surface area contributed by atoms with Gasteiger partial charge >= 0.3 is 6.36 Å². The van der Waals surface area contributed by atoms with E-state index in [9.17, 15) is 18.0 Å². The van der Waals surface area contributed by atoms with Crippen LogP contribution in [0.4, 0.5) is 18.9 Å². The van der Waals surface area contributed by atoms with Crippen molar-refractivity contribution in [2.24, 2.45) is 0 Å². The highest BCUT2D eigenvalue weighted by atomic mass is 19.4. The standard InChI is InChI=1S/C23H26F3N3O3/c1-15(29-18-7-13-21(14-8-18)32-23(24,25)26)28-17-5-11-20(12-6-17)31-19-9-3-16(4-10-19)22(30)27-2/h3-4,7-10,13-14,17,20,28-29H,1,5-6,11-12H2,2H3,(H,27,30)/t17-,20+. The van der Waals surface area contributed by atoms with Crippen LogP contribution < -0.4 is 25.4 Å². The van der Waals surface area contributed by atoms with Gasteiger partial charge in [0.1, 0.15) is 11.5 Å². The molecule has 1 aliphatic carbocycles. The number of hydrogen-bond acceptors (Lipinski definition) is 5. The van der Waals surface area contributed by atoms with E-state index in [1.54, 1.807) is 31.3 Å². The number of ether oxygens (including phenoxy) is 2. The number of nitrogens with one attached hydrogen (secondary N) is 3. The Labute approximate surface area is 184 Å². The van der Waals surface area contributed by atoms with E-state index in [2.05, 4.69) is 27.3 Å². The highest BCUT2D eigenvalue weighted by molar-refractivity contribution is 5.94. The Bertz CT molecular complexity index is 907. The van der Waals surface area contributed by atoms with Gasteiger partial charge in [-0.2, -0.15) is 0 Å². The molecule has 1 fully saturated rings. The Kier molecular flexibility index (Phi) is 7.50. The Morgan fingerprint density at radius 3 is 2.12 bits per heavy atom. The van der Waals surface area contributed by atoms with Gasteiger partial charge in [0, 0.05) is 24.3 Å². The molecule has 0 unspecified atom stereocenters. The lowest BCUT2D eigenvalue weighted by Gasteiger charge is -2.30. The van der Waals surface area contributed by atoms with Crippen LogP contribution in [-0.4, -0.2) is 31.5 Å². The fraction of sp³-hybridized carbons (Fsp3) is 0.348. The summed E-state index contributed by atoms with van der Waals surface area (Å²) in [6.45, 7) is 3.94. The molecular formula is C23H26F3N3O3. The molecule has 1 amide bonds. The molecule has 6 nitrogen and oxygen atoms in total. The number of rotatable bonds is 8. The molecule has 1 aliphatic rings. The van der Waals surface area contributed by atoms with E-state index in [1.807, 2.05) is 0 Å². The molecule has 0 heterocycles. The second-order valence-electron chi connectivity index (χ2n) is 7.52. The predicted molar refractivity (Wildman–Crippen MR) is 116 cm³/mol. The lowest BCUT2D eigenvalue weighted by molar-refractivity contribution is -0.274. The molecule has 1 saturated carbocycles. The van der Waals surface area contributed by atoms with Crippen LogP contribution >= 0.6 is 0 Å². The summed E-state index contributed by atoms with van der Waals surface area (Å²) in [5.74, 6) is 0.896. The molecule has 32 heavy (non-hydrogen) atoms. The number of carbonyl (C=O) groups excluding carboxylic acids is 1. The van der Waals surface area contributed by atoms with Crippen LogP contribution in [0.3, 0.4) is 0 Å². The minimum absolute atomic E-state index is 0.0984. The van der Waals surface area contributed by atoms with Crippen molar-refractivity contribution in [3.63, 3.8) is 0 Å². The summed E-state index contributed by atoms with van der Waals surface area (Å²) in [6, 6.07) is 12.8. The predicted octanol–water partition coefficient (Wildman–Crippen LogP) is 4.81. The van der Waals surface area contributed by atoms with Gasteiger partial charge in [-0.25, -0.2) is 0 Å². The molecule has 0 saturated heterocycles. The zero-order valence-corrected chi connectivity index (χ0v) is 17.7. The maximum Gasteiger partial charge on any atom is 0.573 e.